The topological polar surface area (TPSA) is 55.1 Å². The van der Waals surface area contributed by atoms with Crippen molar-refractivity contribution in [2.24, 2.45) is 11.1 Å². The van der Waals surface area contributed by atoms with Crippen molar-refractivity contribution in [2.75, 3.05) is 5.32 Å². The zero-order chi connectivity index (χ0) is 13.9. The molecule has 18 heavy (non-hydrogen) atoms. The number of carbonyl (C=O) groups excluding carboxylic acids is 1. The quantitative estimate of drug-likeness (QED) is 0.829. The molecular formula is C13H17FN2OS. The van der Waals surface area contributed by atoms with Gasteiger partial charge in [0.15, 0.2) is 0 Å². The van der Waals surface area contributed by atoms with E-state index in [0.29, 0.717) is 12.0 Å². The molecule has 0 aliphatic rings. The fourth-order valence-corrected chi connectivity index (χ4v) is 1.57. The van der Waals surface area contributed by atoms with Gasteiger partial charge in [-0.1, -0.05) is 33.0 Å². The van der Waals surface area contributed by atoms with Crippen molar-refractivity contribution in [3.05, 3.63) is 29.6 Å². The minimum Gasteiger partial charge on any atom is -0.389 e. The SMILES string of the molecule is CC(C)(C)CC(=O)Nc1ccc(C(N)=S)cc1F. The number of amides is 1. The summed E-state index contributed by atoms with van der Waals surface area (Å²) in [5.41, 5.74) is 5.84. The van der Waals surface area contributed by atoms with Gasteiger partial charge in [-0.05, 0) is 23.6 Å². The Morgan fingerprint density at radius 3 is 2.50 bits per heavy atom. The second-order valence-electron chi connectivity index (χ2n) is 5.34. The van der Waals surface area contributed by atoms with Gasteiger partial charge >= 0.3 is 0 Å². The number of nitrogens with two attached hydrogens (primary N) is 1. The highest BCUT2D eigenvalue weighted by Gasteiger charge is 2.17. The van der Waals surface area contributed by atoms with Crippen LogP contribution in [0.5, 0.6) is 0 Å². The lowest BCUT2D eigenvalue weighted by Crippen LogP contribution is -2.20. The molecule has 1 rings (SSSR count). The second kappa shape index (κ2) is 5.44. The maximum Gasteiger partial charge on any atom is 0.224 e. The van der Waals surface area contributed by atoms with Gasteiger partial charge in [0.2, 0.25) is 5.91 Å². The predicted molar refractivity (Wildman–Crippen MR) is 75.0 cm³/mol. The Labute approximate surface area is 112 Å². The Morgan fingerprint density at radius 1 is 1.44 bits per heavy atom. The first-order valence-corrected chi connectivity index (χ1v) is 5.99. The molecule has 0 fully saturated rings. The van der Waals surface area contributed by atoms with E-state index >= 15 is 0 Å². The molecule has 0 aromatic heterocycles. The number of nitrogens with one attached hydrogen (secondary N) is 1. The van der Waals surface area contributed by atoms with E-state index < -0.39 is 5.82 Å². The maximum absolute atomic E-state index is 13.7. The Balaban J connectivity index is 2.80. The number of rotatable bonds is 3. The van der Waals surface area contributed by atoms with Crippen LogP contribution in [0.4, 0.5) is 10.1 Å². The standard InChI is InChI=1S/C13H17FN2OS/c1-13(2,3)7-11(17)16-10-5-4-8(12(15)18)6-9(10)14/h4-6H,7H2,1-3H3,(H2,15,18)(H,16,17). The van der Waals surface area contributed by atoms with Gasteiger partial charge in [-0.3, -0.25) is 4.79 Å². The third kappa shape index (κ3) is 4.41. The summed E-state index contributed by atoms with van der Waals surface area (Å²) in [5, 5.41) is 2.53. The van der Waals surface area contributed by atoms with E-state index in [0.717, 1.165) is 0 Å². The molecule has 0 heterocycles. The number of hydrogen-bond acceptors (Lipinski definition) is 2. The van der Waals surface area contributed by atoms with E-state index in [9.17, 15) is 9.18 Å². The zero-order valence-corrected chi connectivity index (χ0v) is 11.5. The van der Waals surface area contributed by atoms with Gasteiger partial charge in [0, 0.05) is 12.0 Å². The molecule has 5 heteroatoms. The largest absolute Gasteiger partial charge is 0.389 e. The van der Waals surface area contributed by atoms with E-state index in [-0.39, 0.29) is 22.0 Å². The van der Waals surface area contributed by atoms with E-state index in [2.05, 4.69) is 5.32 Å². The number of hydrogen-bond donors (Lipinski definition) is 2. The normalized spacial score (nSPS) is 11.1. The van der Waals surface area contributed by atoms with E-state index in [1.54, 1.807) is 6.07 Å². The third-order valence-electron chi connectivity index (χ3n) is 2.22. The summed E-state index contributed by atoms with van der Waals surface area (Å²) in [5.74, 6) is -0.757. The van der Waals surface area contributed by atoms with Crippen LogP contribution in [0.2, 0.25) is 0 Å². The molecule has 98 valence electrons. The lowest BCUT2D eigenvalue weighted by atomic mass is 9.92. The summed E-state index contributed by atoms with van der Waals surface area (Å²) in [7, 11) is 0. The molecule has 0 aliphatic heterocycles. The van der Waals surface area contributed by atoms with Crippen molar-refractivity contribution in [1.29, 1.82) is 0 Å². The molecule has 0 saturated carbocycles. The minimum absolute atomic E-state index is 0.126. The predicted octanol–water partition coefficient (Wildman–Crippen LogP) is 2.83. The molecule has 0 bridgehead atoms. The Bertz CT molecular complexity index is 480. The lowest BCUT2D eigenvalue weighted by molar-refractivity contribution is -0.117. The summed E-state index contributed by atoms with van der Waals surface area (Å²) in [6.45, 7) is 5.83. The first kappa shape index (κ1) is 14.6. The van der Waals surface area contributed by atoms with Crippen LogP contribution >= 0.6 is 12.2 Å². The van der Waals surface area contributed by atoms with Crippen molar-refractivity contribution >= 4 is 28.8 Å². The fraction of sp³-hybridized carbons (Fsp3) is 0.385. The third-order valence-corrected chi connectivity index (χ3v) is 2.45. The molecule has 3 N–H and O–H groups in total. The van der Waals surface area contributed by atoms with Gasteiger partial charge in [-0.15, -0.1) is 0 Å². The monoisotopic (exact) mass is 268 g/mol. The van der Waals surface area contributed by atoms with Gasteiger partial charge in [-0.2, -0.15) is 0 Å². The van der Waals surface area contributed by atoms with Crippen LogP contribution in [0.1, 0.15) is 32.8 Å². The molecule has 1 aromatic rings. The van der Waals surface area contributed by atoms with Crippen LogP contribution in [0, 0.1) is 11.2 Å². The maximum atomic E-state index is 13.7. The summed E-state index contributed by atoms with van der Waals surface area (Å²) in [6, 6.07) is 4.26. The number of thiocarbonyl (C=S) groups is 1. The van der Waals surface area contributed by atoms with Crippen LogP contribution in [0.3, 0.4) is 0 Å². The molecule has 0 saturated heterocycles. The molecule has 3 nitrogen and oxygen atoms in total. The molecule has 1 amide bonds. The molecule has 1 aromatic carbocycles. The summed E-state index contributed by atoms with van der Waals surface area (Å²) < 4.78 is 13.7. The summed E-state index contributed by atoms with van der Waals surface area (Å²) in [4.78, 5) is 11.8. The van der Waals surface area contributed by atoms with Gasteiger partial charge in [-0.25, -0.2) is 4.39 Å². The van der Waals surface area contributed by atoms with Crippen LogP contribution < -0.4 is 11.1 Å². The molecule has 0 aliphatic carbocycles. The highest BCUT2D eigenvalue weighted by molar-refractivity contribution is 7.80. The van der Waals surface area contributed by atoms with E-state index in [4.69, 9.17) is 18.0 Å². The molecule has 0 radical (unpaired) electrons. The number of anilines is 1. The minimum atomic E-state index is -0.539. The van der Waals surface area contributed by atoms with Crippen molar-refractivity contribution in [3.63, 3.8) is 0 Å². The lowest BCUT2D eigenvalue weighted by Gasteiger charge is -2.17. The average Bonchev–Trinajstić information content (AvgIpc) is 2.17. The fourth-order valence-electron chi connectivity index (χ4n) is 1.45. The van der Waals surface area contributed by atoms with Gasteiger partial charge in [0.25, 0.3) is 0 Å². The first-order chi connectivity index (χ1) is 8.19. The smallest absolute Gasteiger partial charge is 0.224 e. The number of benzene rings is 1. The van der Waals surface area contributed by atoms with E-state index in [1.165, 1.54) is 12.1 Å². The molecule has 0 spiro atoms. The number of carbonyl (C=O) groups is 1. The van der Waals surface area contributed by atoms with Gasteiger partial charge in [0.1, 0.15) is 10.8 Å². The summed E-state index contributed by atoms with van der Waals surface area (Å²) >= 11 is 4.75. The Kier molecular flexibility index (Phi) is 4.40. The highest BCUT2D eigenvalue weighted by Crippen LogP contribution is 2.21. The average molecular weight is 268 g/mol. The van der Waals surface area contributed by atoms with Crippen molar-refractivity contribution in [3.8, 4) is 0 Å². The Hall–Kier alpha value is -1.49. The van der Waals surface area contributed by atoms with Gasteiger partial charge < -0.3 is 11.1 Å². The van der Waals surface area contributed by atoms with Crippen LogP contribution in [0.25, 0.3) is 0 Å². The van der Waals surface area contributed by atoms with Crippen LogP contribution in [0.15, 0.2) is 18.2 Å². The molecule has 0 atom stereocenters. The van der Waals surface area contributed by atoms with Crippen LogP contribution in [-0.4, -0.2) is 10.9 Å². The van der Waals surface area contributed by atoms with Crippen molar-refractivity contribution in [1.82, 2.24) is 0 Å². The molecule has 0 unspecified atom stereocenters. The van der Waals surface area contributed by atoms with E-state index in [1.807, 2.05) is 20.8 Å². The molecular weight excluding hydrogens is 251 g/mol. The zero-order valence-electron chi connectivity index (χ0n) is 10.7. The number of halogens is 1. The Morgan fingerprint density at radius 2 is 2.06 bits per heavy atom. The van der Waals surface area contributed by atoms with Gasteiger partial charge in [0.05, 0.1) is 5.69 Å². The first-order valence-electron chi connectivity index (χ1n) is 5.58. The van der Waals surface area contributed by atoms with Crippen molar-refractivity contribution in [2.45, 2.75) is 27.2 Å². The van der Waals surface area contributed by atoms with Crippen molar-refractivity contribution < 1.29 is 9.18 Å². The summed E-state index contributed by atoms with van der Waals surface area (Å²) in [6.07, 6.45) is 0.323. The second-order valence-corrected chi connectivity index (χ2v) is 5.78. The highest BCUT2D eigenvalue weighted by atomic mass is 32.1. The van der Waals surface area contributed by atoms with Crippen LogP contribution in [-0.2, 0) is 4.79 Å².